The van der Waals surface area contributed by atoms with Gasteiger partial charge in [0.2, 0.25) is 0 Å². The third-order valence-corrected chi connectivity index (χ3v) is 4.22. The maximum absolute atomic E-state index is 12.9. The molecule has 0 bridgehead atoms. The number of hydrogen-bond acceptors (Lipinski definition) is 2. The van der Waals surface area contributed by atoms with E-state index in [1.807, 2.05) is 29.7 Å². The number of hydrogen-bond donors (Lipinski definition) is 0. The number of carbonyl (C=O) groups is 1. The lowest BCUT2D eigenvalue weighted by molar-refractivity contribution is -0.0344. The van der Waals surface area contributed by atoms with Gasteiger partial charge in [-0.2, -0.15) is 0 Å². The lowest BCUT2D eigenvalue weighted by Crippen LogP contribution is -2.41. The van der Waals surface area contributed by atoms with Gasteiger partial charge in [0, 0.05) is 12.7 Å². The van der Waals surface area contributed by atoms with E-state index in [0.29, 0.717) is 30.6 Å². The van der Waals surface area contributed by atoms with Gasteiger partial charge in [-0.15, -0.1) is 0 Å². The van der Waals surface area contributed by atoms with E-state index in [2.05, 4.69) is 12.1 Å². The first-order valence-corrected chi connectivity index (χ1v) is 7.88. The predicted octanol–water partition coefficient (Wildman–Crippen LogP) is 3.72. The van der Waals surface area contributed by atoms with Crippen LogP contribution in [0.3, 0.4) is 0 Å². The minimum atomic E-state index is -0.0395. The van der Waals surface area contributed by atoms with Crippen molar-refractivity contribution in [2.45, 2.75) is 25.9 Å². The standard InChI is InChI=1S/C17H19ClN2O2/c1-2-19-11-14(18)10-16(19)17(21)20-12-22-9-8-15(20)13-6-4-3-5-7-13/h3-7,10-11,15H,2,8-9,12H2,1H3. The lowest BCUT2D eigenvalue weighted by atomic mass is 10.0. The van der Waals surface area contributed by atoms with Gasteiger partial charge < -0.3 is 14.2 Å². The van der Waals surface area contributed by atoms with E-state index in [4.69, 9.17) is 16.3 Å². The molecule has 0 N–H and O–H groups in total. The predicted molar refractivity (Wildman–Crippen MR) is 85.9 cm³/mol. The van der Waals surface area contributed by atoms with Crippen molar-refractivity contribution < 1.29 is 9.53 Å². The summed E-state index contributed by atoms with van der Waals surface area (Å²) < 4.78 is 7.40. The van der Waals surface area contributed by atoms with Gasteiger partial charge in [-0.1, -0.05) is 41.9 Å². The Kier molecular flexibility index (Phi) is 4.50. The Morgan fingerprint density at radius 2 is 2.14 bits per heavy atom. The summed E-state index contributed by atoms with van der Waals surface area (Å²) >= 11 is 6.06. The van der Waals surface area contributed by atoms with Crippen LogP contribution in [0.1, 0.15) is 35.4 Å². The maximum Gasteiger partial charge on any atom is 0.272 e. The molecule has 1 amide bonds. The number of carbonyl (C=O) groups excluding carboxylic acids is 1. The summed E-state index contributed by atoms with van der Waals surface area (Å²) in [4.78, 5) is 14.7. The summed E-state index contributed by atoms with van der Waals surface area (Å²) in [6.45, 7) is 3.68. The fourth-order valence-corrected chi connectivity index (χ4v) is 3.11. The normalized spacial score (nSPS) is 18.5. The number of amides is 1. The Bertz CT molecular complexity index is 654. The number of halogens is 1. The summed E-state index contributed by atoms with van der Waals surface area (Å²) in [5.74, 6) is -0.0395. The third kappa shape index (κ3) is 2.89. The number of aryl methyl sites for hydroxylation is 1. The number of ether oxygens (including phenoxy) is 1. The largest absolute Gasteiger partial charge is 0.361 e. The zero-order valence-electron chi connectivity index (χ0n) is 12.5. The van der Waals surface area contributed by atoms with Crippen molar-refractivity contribution in [2.24, 2.45) is 0 Å². The van der Waals surface area contributed by atoms with E-state index in [1.54, 1.807) is 17.2 Å². The first-order chi connectivity index (χ1) is 10.7. The molecule has 22 heavy (non-hydrogen) atoms. The first kappa shape index (κ1) is 15.1. The van der Waals surface area contributed by atoms with Crippen molar-refractivity contribution in [1.29, 1.82) is 0 Å². The molecule has 1 unspecified atom stereocenters. The van der Waals surface area contributed by atoms with Crippen LogP contribution in [-0.4, -0.2) is 28.7 Å². The Balaban J connectivity index is 1.92. The van der Waals surface area contributed by atoms with Gasteiger partial charge in [0.15, 0.2) is 0 Å². The van der Waals surface area contributed by atoms with Crippen LogP contribution < -0.4 is 0 Å². The van der Waals surface area contributed by atoms with Crippen molar-refractivity contribution in [3.63, 3.8) is 0 Å². The van der Waals surface area contributed by atoms with Crippen LogP contribution in [0, 0.1) is 0 Å². The lowest BCUT2D eigenvalue weighted by Gasteiger charge is -2.36. The Labute approximate surface area is 135 Å². The van der Waals surface area contributed by atoms with E-state index in [1.165, 1.54) is 0 Å². The summed E-state index contributed by atoms with van der Waals surface area (Å²) in [7, 11) is 0. The summed E-state index contributed by atoms with van der Waals surface area (Å²) in [6, 6.07) is 11.9. The van der Waals surface area contributed by atoms with Crippen LogP contribution >= 0.6 is 11.6 Å². The zero-order valence-corrected chi connectivity index (χ0v) is 13.3. The summed E-state index contributed by atoms with van der Waals surface area (Å²) in [6.07, 6.45) is 2.59. The van der Waals surface area contributed by atoms with Gasteiger partial charge in [-0.3, -0.25) is 4.79 Å². The van der Waals surface area contributed by atoms with Crippen molar-refractivity contribution in [1.82, 2.24) is 9.47 Å². The average molecular weight is 319 g/mol. The van der Waals surface area contributed by atoms with Gasteiger partial charge in [0.25, 0.3) is 5.91 Å². The molecule has 1 fully saturated rings. The van der Waals surface area contributed by atoms with Crippen LogP contribution in [0.5, 0.6) is 0 Å². The van der Waals surface area contributed by atoms with E-state index in [9.17, 15) is 4.79 Å². The van der Waals surface area contributed by atoms with Crippen LogP contribution in [0.4, 0.5) is 0 Å². The molecule has 0 saturated carbocycles. The highest BCUT2D eigenvalue weighted by Crippen LogP contribution is 2.29. The maximum atomic E-state index is 12.9. The molecule has 2 heterocycles. The third-order valence-electron chi connectivity index (χ3n) is 4.01. The molecule has 1 aromatic heterocycles. The van der Waals surface area contributed by atoms with Crippen LogP contribution in [0.15, 0.2) is 42.6 Å². The van der Waals surface area contributed by atoms with E-state index >= 15 is 0 Å². The molecule has 1 aliphatic rings. The van der Waals surface area contributed by atoms with Crippen LogP contribution in [-0.2, 0) is 11.3 Å². The molecule has 1 saturated heterocycles. The van der Waals surface area contributed by atoms with Crippen LogP contribution in [0.25, 0.3) is 0 Å². The van der Waals surface area contributed by atoms with Crippen molar-refractivity contribution in [2.75, 3.05) is 13.3 Å². The molecule has 2 aromatic rings. The van der Waals surface area contributed by atoms with Crippen molar-refractivity contribution >= 4 is 17.5 Å². The molecule has 1 aromatic carbocycles. The number of aromatic nitrogens is 1. The quantitative estimate of drug-likeness (QED) is 0.864. The Hall–Kier alpha value is -1.78. The highest BCUT2D eigenvalue weighted by molar-refractivity contribution is 6.31. The summed E-state index contributed by atoms with van der Waals surface area (Å²) in [5.41, 5.74) is 1.75. The summed E-state index contributed by atoms with van der Waals surface area (Å²) in [5, 5.41) is 0.583. The van der Waals surface area contributed by atoms with Crippen LogP contribution in [0.2, 0.25) is 5.02 Å². The number of rotatable bonds is 3. The second-order valence-electron chi connectivity index (χ2n) is 5.36. The number of benzene rings is 1. The molecule has 3 rings (SSSR count). The minimum Gasteiger partial charge on any atom is -0.361 e. The zero-order chi connectivity index (χ0) is 15.5. The highest BCUT2D eigenvalue weighted by Gasteiger charge is 2.30. The van der Waals surface area contributed by atoms with Gasteiger partial charge >= 0.3 is 0 Å². The first-order valence-electron chi connectivity index (χ1n) is 7.50. The molecule has 0 aliphatic carbocycles. The van der Waals surface area contributed by atoms with Crippen molar-refractivity contribution in [3.05, 3.63) is 58.9 Å². The highest BCUT2D eigenvalue weighted by atomic mass is 35.5. The Morgan fingerprint density at radius 1 is 1.36 bits per heavy atom. The monoisotopic (exact) mass is 318 g/mol. The minimum absolute atomic E-state index is 0.0395. The SMILES string of the molecule is CCn1cc(Cl)cc1C(=O)N1COCCC1c1ccccc1. The van der Waals surface area contributed by atoms with Gasteiger partial charge in [-0.05, 0) is 25.0 Å². The van der Waals surface area contributed by atoms with E-state index < -0.39 is 0 Å². The number of nitrogens with zero attached hydrogens (tertiary/aromatic N) is 2. The van der Waals surface area contributed by atoms with Gasteiger partial charge in [-0.25, -0.2) is 0 Å². The molecule has 4 nitrogen and oxygen atoms in total. The van der Waals surface area contributed by atoms with Crippen molar-refractivity contribution in [3.8, 4) is 0 Å². The topological polar surface area (TPSA) is 34.5 Å². The molecular weight excluding hydrogens is 300 g/mol. The molecule has 0 radical (unpaired) electrons. The molecule has 1 aliphatic heterocycles. The molecule has 116 valence electrons. The van der Waals surface area contributed by atoms with E-state index in [-0.39, 0.29) is 11.9 Å². The fraction of sp³-hybridized carbons (Fsp3) is 0.353. The fourth-order valence-electron chi connectivity index (χ4n) is 2.89. The van der Waals surface area contributed by atoms with Gasteiger partial charge in [0.05, 0.1) is 17.7 Å². The molecular formula is C17H19ClN2O2. The Morgan fingerprint density at radius 3 is 2.86 bits per heavy atom. The molecule has 1 atom stereocenters. The average Bonchev–Trinajstić information content (AvgIpc) is 2.96. The van der Waals surface area contributed by atoms with Gasteiger partial charge in [0.1, 0.15) is 12.4 Å². The molecule has 0 spiro atoms. The second-order valence-corrected chi connectivity index (χ2v) is 5.79. The smallest absolute Gasteiger partial charge is 0.272 e. The van der Waals surface area contributed by atoms with E-state index in [0.717, 1.165) is 12.0 Å². The molecule has 5 heteroatoms. The second kappa shape index (κ2) is 6.55.